The molecule has 17 nitrogen and oxygen atoms in total. The number of phosphoric acid groups is 2. The van der Waals surface area contributed by atoms with Gasteiger partial charge in [-0.3, -0.25) is 37.3 Å². The molecule has 0 aromatic carbocycles. The van der Waals surface area contributed by atoms with E-state index in [1.54, 1.807) is 0 Å². The zero-order chi connectivity index (χ0) is 66.6. The van der Waals surface area contributed by atoms with Gasteiger partial charge in [-0.25, -0.2) is 9.13 Å². The summed E-state index contributed by atoms with van der Waals surface area (Å²) >= 11 is 0. The molecule has 0 aromatic heterocycles. The summed E-state index contributed by atoms with van der Waals surface area (Å²) in [5.41, 5.74) is 0. The summed E-state index contributed by atoms with van der Waals surface area (Å²) < 4.78 is 68.1. The number of aliphatic hydroxyl groups is 1. The lowest BCUT2D eigenvalue weighted by Crippen LogP contribution is -2.30. The summed E-state index contributed by atoms with van der Waals surface area (Å²) in [7, 11) is -9.89. The molecular formula is C71H138O17P2. The Balaban J connectivity index is 5.12. The Hall–Kier alpha value is -1.94. The molecular weight excluding hydrogens is 1190 g/mol. The van der Waals surface area contributed by atoms with Gasteiger partial charge in [0.2, 0.25) is 0 Å². The van der Waals surface area contributed by atoms with E-state index < -0.39 is 97.5 Å². The van der Waals surface area contributed by atoms with Gasteiger partial charge in [0.05, 0.1) is 26.4 Å². The third-order valence-corrected chi connectivity index (χ3v) is 18.3. The van der Waals surface area contributed by atoms with Gasteiger partial charge in [-0.05, 0) is 43.4 Å². The largest absolute Gasteiger partial charge is 0.472 e. The average molecular weight is 1330 g/mol. The molecule has 0 rings (SSSR count). The van der Waals surface area contributed by atoms with Crippen molar-refractivity contribution in [2.24, 2.45) is 17.8 Å². The SMILES string of the molecule is CCCCCCCC(=O)OC[C@H](COP(=O)(O)OC[C@H](O)COP(=O)(O)OC[C@@H](COC(=O)CCCCCCCCCCCCC(C)C)OC(=O)CCCCCCCCCCCCCCCCCCCCC(C)C)OC(=O)CCCCCCCCCCC(C)C. The summed E-state index contributed by atoms with van der Waals surface area (Å²) in [6, 6.07) is 0. The molecule has 0 bridgehead atoms. The molecule has 0 fully saturated rings. The van der Waals surface area contributed by atoms with Gasteiger partial charge in [0.15, 0.2) is 12.2 Å². The van der Waals surface area contributed by atoms with E-state index >= 15 is 0 Å². The normalized spacial score (nSPS) is 14.2. The van der Waals surface area contributed by atoms with E-state index in [-0.39, 0.29) is 25.7 Å². The quantitative estimate of drug-likeness (QED) is 0.0222. The van der Waals surface area contributed by atoms with Crippen LogP contribution in [0.2, 0.25) is 0 Å². The fourth-order valence-electron chi connectivity index (χ4n) is 10.7. The number of hydrogen-bond acceptors (Lipinski definition) is 15. The van der Waals surface area contributed by atoms with Crippen LogP contribution in [0.3, 0.4) is 0 Å². The number of rotatable bonds is 69. The molecule has 3 N–H and O–H groups in total. The molecule has 0 aliphatic heterocycles. The minimum Gasteiger partial charge on any atom is -0.462 e. The van der Waals surface area contributed by atoms with Gasteiger partial charge < -0.3 is 33.8 Å². The molecule has 534 valence electrons. The van der Waals surface area contributed by atoms with Crippen LogP contribution in [-0.4, -0.2) is 96.7 Å². The van der Waals surface area contributed by atoms with Crippen molar-refractivity contribution in [2.75, 3.05) is 39.6 Å². The molecule has 90 heavy (non-hydrogen) atoms. The van der Waals surface area contributed by atoms with Crippen molar-refractivity contribution >= 4 is 39.5 Å². The highest BCUT2D eigenvalue weighted by Crippen LogP contribution is 2.45. The van der Waals surface area contributed by atoms with E-state index in [9.17, 15) is 43.2 Å². The maximum atomic E-state index is 13.0. The number of esters is 4. The number of unbranched alkanes of at least 4 members (excludes halogenated alkanes) is 37. The second-order valence-electron chi connectivity index (χ2n) is 27.1. The molecule has 0 saturated heterocycles. The number of hydrogen-bond donors (Lipinski definition) is 3. The Labute approximate surface area is 549 Å². The van der Waals surface area contributed by atoms with Crippen molar-refractivity contribution in [1.29, 1.82) is 0 Å². The van der Waals surface area contributed by atoms with Crippen LogP contribution in [0.4, 0.5) is 0 Å². The summed E-state index contributed by atoms with van der Waals surface area (Å²) in [5.74, 6) is 0.159. The molecule has 0 heterocycles. The molecule has 0 spiro atoms. The lowest BCUT2D eigenvalue weighted by Gasteiger charge is -2.21. The van der Waals surface area contributed by atoms with Gasteiger partial charge in [0.1, 0.15) is 19.3 Å². The summed E-state index contributed by atoms with van der Waals surface area (Å²) in [6.45, 7) is 11.8. The van der Waals surface area contributed by atoms with E-state index in [0.717, 1.165) is 114 Å². The number of phosphoric ester groups is 2. The first kappa shape index (κ1) is 88.1. The Morgan fingerprint density at radius 3 is 0.756 bits per heavy atom. The molecule has 0 radical (unpaired) electrons. The molecule has 0 aromatic rings. The second-order valence-corrected chi connectivity index (χ2v) is 30.0. The fraction of sp³-hybridized carbons (Fsp3) is 0.944. The minimum atomic E-state index is -4.95. The number of aliphatic hydroxyl groups excluding tert-OH is 1. The van der Waals surface area contributed by atoms with E-state index in [0.29, 0.717) is 25.7 Å². The van der Waals surface area contributed by atoms with Gasteiger partial charge in [0, 0.05) is 25.7 Å². The predicted octanol–water partition coefficient (Wildman–Crippen LogP) is 20.2. The van der Waals surface area contributed by atoms with Gasteiger partial charge in [-0.1, -0.05) is 305 Å². The van der Waals surface area contributed by atoms with Crippen LogP contribution in [-0.2, 0) is 65.4 Å². The first-order chi connectivity index (χ1) is 43.2. The van der Waals surface area contributed by atoms with Gasteiger partial charge in [0.25, 0.3) is 0 Å². The first-order valence-electron chi connectivity index (χ1n) is 36.8. The minimum absolute atomic E-state index is 0.103. The zero-order valence-electron chi connectivity index (χ0n) is 58.6. The molecule has 19 heteroatoms. The number of ether oxygens (including phenoxy) is 4. The van der Waals surface area contributed by atoms with Gasteiger partial charge in [-0.15, -0.1) is 0 Å². The van der Waals surface area contributed by atoms with Crippen molar-refractivity contribution < 1.29 is 80.2 Å². The van der Waals surface area contributed by atoms with Crippen LogP contribution in [0.5, 0.6) is 0 Å². The monoisotopic (exact) mass is 1320 g/mol. The predicted molar refractivity (Wildman–Crippen MR) is 363 cm³/mol. The summed E-state index contributed by atoms with van der Waals surface area (Å²) in [6.07, 6.45) is 46.4. The van der Waals surface area contributed by atoms with E-state index in [2.05, 4.69) is 48.5 Å². The average Bonchev–Trinajstić information content (AvgIpc) is 2.94. The molecule has 0 saturated carbocycles. The highest BCUT2D eigenvalue weighted by atomic mass is 31.2. The standard InChI is InChI=1S/C71H138O17P2/c1-8-9-10-35-45-52-68(73)81-58-66(87-71(76)55-48-41-34-28-27-31-38-44-51-64(6)7)60-85-89(77,78)83-56-65(72)57-84-90(79,80)86-61-67(59-82-69(74)53-46-39-32-25-22-21-24-30-37-43-50-63(4)5)88-70(75)54-47-40-33-26-20-18-16-14-12-11-13-15-17-19-23-29-36-42-49-62(2)3/h62-67,72H,8-61H2,1-7H3,(H,77,78)(H,79,80)/t65-,66+,67+/m0/s1. The smallest absolute Gasteiger partial charge is 0.462 e. The fourth-order valence-corrected chi connectivity index (χ4v) is 12.3. The Bertz CT molecular complexity index is 1770. The maximum Gasteiger partial charge on any atom is 0.472 e. The van der Waals surface area contributed by atoms with Crippen LogP contribution in [0.25, 0.3) is 0 Å². The second kappa shape index (κ2) is 61.9. The van der Waals surface area contributed by atoms with Crippen LogP contribution < -0.4 is 0 Å². The van der Waals surface area contributed by atoms with Crippen LogP contribution in [0, 0.1) is 17.8 Å². The lowest BCUT2D eigenvalue weighted by molar-refractivity contribution is -0.161. The van der Waals surface area contributed by atoms with Crippen LogP contribution in [0.1, 0.15) is 357 Å². The molecule has 0 aliphatic rings. The first-order valence-corrected chi connectivity index (χ1v) is 39.8. The molecule has 0 amide bonds. The van der Waals surface area contributed by atoms with Crippen molar-refractivity contribution in [2.45, 2.75) is 375 Å². The Morgan fingerprint density at radius 1 is 0.300 bits per heavy atom. The number of carbonyl (C=O) groups is 4. The maximum absolute atomic E-state index is 13.0. The van der Waals surface area contributed by atoms with Crippen molar-refractivity contribution in [3.8, 4) is 0 Å². The highest BCUT2D eigenvalue weighted by Gasteiger charge is 2.30. The zero-order valence-corrected chi connectivity index (χ0v) is 60.4. The molecule has 2 unspecified atom stereocenters. The Kier molecular flexibility index (Phi) is 60.6. The third kappa shape index (κ3) is 64.8. The summed E-state index contributed by atoms with van der Waals surface area (Å²) in [4.78, 5) is 72.3. The van der Waals surface area contributed by atoms with Crippen LogP contribution in [0.15, 0.2) is 0 Å². The van der Waals surface area contributed by atoms with E-state index in [1.807, 2.05) is 0 Å². The van der Waals surface area contributed by atoms with Crippen LogP contribution >= 0.6 is 15.6 Å². The third-order valence-electron chi connectivity index (χ3n) is 16.4. The van der Waals surface area contributed by atoms with E-state index in [1.165, 1.54) is 161 Å². The van der Waals surface area contributed by atoms with Gasteiger partial charge >= 0.3 is 39.5 Å². The van der Waals surface area contributed by atoms with Crippen molar-refractivity contribution in [3.05, 3.63) is 0 Å². The molecule has 0 aliphatic carbocycles. The Morgan fingerprint density at radius 2 is 0.511 bits per heavy atom. The highest BCUT2D eigenvalue weighted by molar-refractivity contribution is 7.47. The lowest BCUT2D eigenvalue weighted by atomic mass is 10.0. The van der Waals surface area contributed by atoms with Crippen molar-refractivity contribution in [3.63, 3.8) is 0 Å². The summed E-state index contributed by atoms with van der Waals surface area (Å²) in [5, 5.41) is 10.6. The topological polar surface area (TPSA) is 237 Å². The number of carbonyl (C=O) groups excluding carboxylic acids is 4. The van der Waals surface area contributed by atoms with E-state index in [4.69, 9.17) is 37.0 Å². The van der Waals surface area contributed by atoms with Crippen molar-refractivity contribution in [1.82, 2.24) is 0 Å². The van der Waals surface area contributed by atoms with Gasteiger partial charge in [-0.2, -0.15) is 0 Å². The molecule has 5 atom stereocenters.